The number of hydrogen-bond donors (Lipinski definition) is 1. The van der Waals surface area contributed by atoms with Crippen LogP contribution in [-0.2, 0) is 0 Å². The summed E-state index contributed by atoms with van der Waals surface area (Å²) in [7, 11) is 1.58. The van der Waals surface area contributed by atoms with Gasteiger partial charge in [0, 0.05) is 5.56 Å². The highest BCUT2D eigenvalue weighted by molar-refractivity contribution is 5.70. The summed E-state index contributed by atoms with van der Waals surface area (Å²) in [5, 5.41) is 4.22. The molecule has 3 heterocycles. The number of aromatic nitrogens is 3. The molecule has 1 aromatic carbocycles. The predicted molar refractivity (Wildman–Crippen MR) is 75.5 cm³/mol. The van der Waals surface area contributed by atoms with Crippen molar-refractivity contribution in [2.45, 2.75) is 0 Å². The molecule has 0 atom stereocenters. The molecule has 0 unspecified atom stereocenters. The van der Waals surface area contributed by atoms with Crippen molar-refractivity contribution in [3.05, 3.63) is 30.3 Å². The van der Waals surface area contributed by atoms with E-state index in [0.717, 1.165) is 17.0 Å². The van der Waals surface area contributed by atoms with Gasteiger partial charge in [-0.1, -0.05) is 0 Å². The lowest BCUT2D eigenvalue weighted by Gasteiger charge is -2.08. The van der Waals surface area contributed by atoms with Gasteiger partial charge in [0.05, 0.1) is 12.8 Å². The minimum absolute atomic E-state index is 0.196. The number of rotatable bonds is 2. The van der Waals surface area contributed by atoms with Crippen LogP contribution in [0.5, 0.6) is 17.2 Å². The topological polar surface area (TPSA) is 83.9 Å². The molecule has 0 fully saturated rings. The summed E-state index contributed by atoms with van der Waals surface area (Å²) in [5.74, 6) is 2.26. The number of pyridine rings is 1. The number of benzene rings is 1. The van der Waals surface area contributed by atoms with Gasteiger partial charge in [0.15, 0.2) is 22.9 Å². The van der Waals surface area contributed by atoms with Crippen molar-refractivity contribution in [1.29, 1.82) is 0 Å². The number of hydrogen-bond acceptors (Lipinski definition) is 6. The number of nitrogens with two attached hydrogens (primary N) is 1. The predicted octanol–water partition coefficient (Wildman–Crippen LogP) is 1.72. The van der Waals surface area contributed by atoms with Gasteiger partial charge < -0.3 is 19.9 Å². The Morgan fingerprint density at radius 1 is 1.19 bits per heavy atom. The molecule has 0 aliphatic carbocycles. The highest BCUT2D eigenvalue weighted by Crippen LogP contribution is 2.36. The van der Waals surface area contributed by atoms with E-state index >= 15 is 0 Å². The molecular weight excluding hydrogens is 272 g/mol. The van der Waals surface area contributed by atoms with Gasteiger partial charge in [0.25, 0.3) is 0 Å². The minimum Gasteiger partial charge on any atom is -0.493 e. The van der Waals surface area contributed by atoms with Crippen molar-refractivity contribution < 1.29 is 14.2 Å². The van der Waals surface area contributed by atoms with E-state index in [2.05, 4.69) is 10.1 Å². The zero-order chi connectivity index (χ0) is 14.4. The van der Waals surface area contributed by atoms with Gasteiger partial charge in [-0.3, -0.25) is 0 Å². The van der Waals surface area contributed by atoms with Crippen LogP contribution in [0, 0.1) is 0 Å². The molecule has 4 rings (SSSR count). The Kier molecular flexibility index (Phi) is 2.41. The monoisotopic (exact) mass is 284 g/mol. The maximum atomic E-state index is 5.71. The summed E-state index contributed by atoms with van der Waals surface area (Å²) >= 11 is 0. The lowest BCUT2D eigenvalue weighted by atomic mass is 10.1. The van der Waals surface area contributed by atoms with E-state index in [4.69, 9.17) is 19.9 Å². The first kappa shape index (κ1) is 11.8. The first-order valence-corrected chi connectivity index (χ1v) is 6.35. The molecular formula is C14H12N4O3. The highest BCUT2D eigenvalue weighted by atomic mass is 16.7. The molecule has 0 saturated heterocycles. The largest absolute Gasteiger partial charge is 0.493 e. The molecule has 106 valence electrons. The van der Waals surface area contributed by atoms with Crippen molar-refractivity contribution in [3.63, 3.8) is 0 Å². The zero-order valence-electron chi connectivity index (χ0n) is 11.2. The number of methoxy groups -OCH3 is 1. The summed E-state index contributed by atoms with van der Waals surface area (Å²) in [4.78, 5) is 4.19. The summed E-state index contributed by atoms with van der Waals surface area (Å²) in [5.41, 5.74) is 8.05. The third-order valence-corrected chi connectivity index (χ3v) is 3.35. The molecule has 7 heteroatoms. The van der Waals surface area contributed by atoms with Gasteiger partial charge in [-0.05, 0) is 30.3 Å². The summed E-state index contributed by atoms with van der Waals surface area (Å²) in [6.07, 6.45) is 0. The Bertz CT molecular complexity index is 844. The average molecular weight is 284 g/mol. The van der Waals surface area contributed by atoms with Gasteiger partial charge >= 0.3 is 0 Å². The molecule has 1 aliphatic heterocycles. The second-order valence-electron chi connectivity index (χ2n) is 4.56. The van der Waals surface area contributed by atoms with Crippen molar-refractivity contribution in [1.82, 2.24) is 14.6 Å². The molecule has 0 saturated carbocycles. The van der Waals surface area contributed by atoms with Crippen LogP contribution < -0.4 is 19.9 Å². The molecule has 0 amide bonds. The standard InChI is InChI=1S/C14H12N4O3/c1-19-11-5-3-9(18-13(11)16-14(15)17-18)8-2-4-10-12(6-8)21-7-20-10/h2-6H,7H2,1H3,(H2,15,17). The van der Waals surface area contributed by atoms with E-state index in [0.29, 0.717) is 17.1 Å². The SMILES string of the molecule is COc1ccc(-c2ccc3c(c2)OCO3)n2nc(N)nc12. The van der Waals surface area contributed by atoms with Crippen LogP contribution in [0.3, 0.4) is 0 Å². The maximum Gasteiger partial charge on any atom is 0.240 e. The minimum atomic E-state index is 0.196. The summed E-state index contributed by atoms with van der Waals surface area (Å²) in [6, 6.07) is 9.45. The second kappa shape index (κ2) is 4.27. The second-order valence-corrected chi connectivity index (χ2v) is 4.56. The number of nitrogens with zero attached hydrogens (tertiary/aromatic N) is 3. The maximum absolute atomic E-state index is 5.71. The van der Waals surface area contributed by atoms with Crippen molar-refractivity contribution in [2.75, 3.05) is 19.6 Å². The molecule has 0 bridgehead atoms. The smallest absolute Gasteiger partial charge is 0.240 e. The molecule has 2 N–H and O–H groups in total. The Hall–Kier alpha value is -2.96. The van der Waals surface area contributed by atoms with Crippen LogP contribution in [0.25, 0.3) is 16.9 Å². The normalized spacial score (nSPS) is 12.8. The summed E-state index contributed by atoms with van der Waals surface area (Å²) < 4.78 is 17.7. The quantitative estimate of drug-likeness (QED) is 0.771. The highest BCUT2D eigenvalue weighted by Gasteiger charge is 2.17. The van der Waals surface area contributed by atoms with E-state index in [1.165, 1.54) is 0 Å². The third-order valence-electron chi connectivity index (χ3n) is 3.35. The van der Waals surface area contributed by atoms with E-state index < -0.39 is 0 Å². The Labute approximate surface area is 119 Å². The van der Waals surface area contributed by atoms with Crippen molar-refractivity contribution in [3.8, 4) is 28.5 Å². The van der Waals surface area contributed by atoms with Crippen LogP contribution in [0.4, 0.5) is 5.95 Å². The third kappa shape index (κ3) is 1.74. The molecule has 3 aromatic rings. The van der Waals surface area contributed by atoms with Crippen molar-refractivity contribution in [2.24, 2.45) is 0 Å². The van der Waals surface area contributed by atoms with Crippen LogP contribution >= 0.6 is 0 Å². The number of fused-ring (bicyclic) bond motifs is 2. The van der Waals surface area contributed by atoms with Crippen LogP contribution in [0.1, 0.15) is 0 Å². The molecule has 1 aliphatic rings. The first-order valence-electron chi connectivity index (χ1n) is 6.35. The van der Waals surface area contributed by atoms with Crippen LogP contribution in [-0.4, -0.2) is 28.5 Å². The summed E-state index contributed by atoms with van der Waals surface area (Å²) in [6.45, 7) is 0.243. The van der Waals surface area contributed by atoms with E-state index in [1.54, 1.807) is 11.6 Å². The van der Waals surface area contributed by atoms with E-state index in [9.17, 15) is 0 Å². The van der Waals surface area contributed by atoms with Gasteiger partial charge in [-0.25, -0.2) is 4.52 Å². The molecule has 2 aromatic heterocycles. The van der Waals surface area contributed by atoms with Crippen LogP contribution in [0.2, 0.25) is 0 Å². The molecule has 0 radical (unpaired) electrons. The lowest BCUT2D eigenvalue weighted by molar-refractivity contribution is 0.174. The first-order chi connectivity index (χ1) is 10.3. The van der Waals surface area contributed by atoms with Gasteiger partial charge in [0.2, 0.25) is 12.7 Å². The van der Waals surface area contributed by atoms with Crippen LogP contribution in [0.15, 0.2) is 30.3 Å². The Balaban J connectivity index is 1.94. The number of anilines is 1. The molecule has 21 heavy (non-hydrogen) atoms. The number of nitrogen functional groups attached to an aromatic ring is 1. The lowest BCUT2D eigenvalue weighted by Crippen LogP contribution is -1.97. The zero-order valence-corrected chi connectivity index (χ0v) is 11.2. The van der Waals surface area contributed by atoms with Gasteiger partial charge in [-0.15, -0.1) is 5.10 Å². The van der Waals surface area contributed by atoms with Crippen molar-refractivity contribution >= 4 is 11.6 Å². The molecule has 0 spiro atoms. The Morgan fingerprint density at radius 3 is 2.90 bits per heavy atom. The number of ether oxygens (including phenoxy) is 3. The van der Waals surface area contributed by atoms with E-state index in [1.807, 2.05) is 30.3 Å². The van der Waals surface area contributed by atoms with Gasteiger partial charge in [0.1, 0.15) is 0 Å². The average Bonchev–Trinajstić information content (AvgIpc) is 3.10. The fourth-order valence-electron chi connectivity index (χ4n) is 2.39. The fraction of sp³-hybridized carbons (Fsp3) is 0.143. The molecule has 7 nitrogen and oxygen atoms in total. The van der Waals surface area contributed by atoms with E-state index in [-0.39, 0.29) is 12.7 Å². The fourth-order valence-corrected chi connectivity index (χ4v) is 2.39. The Morgan fingerprint density at radius 2 is 2.05 bits per heavy atom. The van der Waals surface area contributed by atoms with Gasteiger partial charge in [-0.2, -0.15) is 4.98 Å².